The largest absolute Gasteiger partial charge is 0.452 e. The highest BCUT2D eigenvalue weighted by Crippen LogP contribution is 2.15. The highest BCUT2D eigenvalue weighted by atomic mass is 16.5. The van der Waals surface area contributed by atoms with Gasteiger partial charge in [0.25, 0.3) is 5.91 Å². The minimum Gasteiger partial charge on any atom is -0.452 e. The van der Waals surface area contributed by atoms with Gasteiger partial charge in [-0.05, 0) is 6.07 Å². The summed E-state index contributed by atoms with van der Waals surface area (Å²) in [5.41, 5.74) is 0.648. The molecule has 7 heteroatoms. The fourth-order valence-electron chi connectivity index (χ4n) is 2.04. The fraction of sp³-hybridized carbons (Fsp3) is 0.111. The van der Waals surface area contributed by atoms with E-state index in [0.717, 1.165) is 0 Å². The van der Waals surface area contributed by atoms with Gasteiger partial charge >= 0.3 is 12.0 Å². The SMILES string of the molecule is CNC(=O)NC(=O)COC(=O)c1ccccc1C(=O)c1ccccc1. The monoisotopic (exact) mass is 340 g/mol. The Bertz CT molecular complexity index is 802. The number of carbonyl (C=O) groups is 4. The van der Waals surface area contributed by atoms with Gasteiger partial charge in [0.2, 0.25) is 0 Å². The molecular weight excluding hydrogens is 324 g/mol. The lowest BCUT2D eigenvalue weighted by Gasteiger charge is -2.09. The molecule has 0 saturated heterocycles. The first-order chi connectivity index (χ1) is 12.0. The third kappa shape index (κ3) is 4.74. The molecule has 0 aliphatic heterocycles. The van der Waals surface area contributed by atoms with E-state index in [0.29, 0.717) is 5.56 Å². The average molecular weight is 340 g/mol. The molecule has 0 atom stereocenters. The molecule has 0 bridgehead atoms. The van der Waals surface area contributed by atoms with E-state index < -0.39 is 24.5 Å². The van der Waals surface area contributed by atoms with Gasteiger partial charge in [0.1, 0.15) is 0 Å². The number of rotatable bonds is 5. The van der Waals surface area contributed by atoms with Crippen LogP contribution in [-0.2, 0) is 9.53 Å². The summed E-state index contributed by atoms with van der Waals surface area (Å²) in [5.74, 6) is -1.94. The van der Waals surface area contributed by atoms with E-state index in [4.69, 9.17) is 4.74 Å². The molecule has 7 nitrogen and oxygen atoms in total. The van der Waals surface area contributed by atoms with Gasteiger partial charge in [-0.15, -0.1) is 0 Å². The molecule has 2 aromatic carbocycles. The van der Waals surface area contributed by atoms with Gasteiger partial charge in [0.05, 0.1) is 5.56 Å². The molecule has 0 radical (unpaired) electrons. The quantitative estimate of drug-likeness (QED) is 0.635. The molecule has 3 amide bonds. The standard InChI is InChI=1S/C18H16N2O5/c1-19-18(24)20-15(21)11-25-17(23)14-10-6-5-9-13(14)16(22)12-7-3-2-4-8-12/h2-10H,11H2,1H3,(H2,19,20,21,24). The predicted octanol–water partition coefficient (Wildman–Crippen LogP) is 1.53. The van der Waals surface area contributed by atoms with Crippen molar-refractivity contribution in [1.82, 2.24) is 10.6 Å². The normalized spacial score (nSPS) is 9.80. The summed E-state index contributed by atoms with van der Waals surface area (Å²) in [6.45, 7) is -0.639. The number of imide groups is 1. The van der Waals surface area contributed by atoms with Gasteiger partial charge in [-0.2, -0.15) is 0 Å². The maximum atomic E-state index is 12.6. The van der Waals surface area contributed by atoms with E-state index in [2.05, 4.69) is 5.32 Å². The summed E-state index contributed by atoms with van der Waals surface area (Å²) < 4.78 is 4.88. The summed E-state index contributed by atoms with van der Waals surface area (Å²) in [6, 6.07) is 14.0. The minimum atomic E-state index is -0.827. The predicted molar refractivity (Wildman–Crippen MR) is 89.2 cm³/mol. The Hall–Kier alpha value is -3.48. The van der Waals surface area contributed by atoms with Crippen LogP contribution in [0.15, 0.2) is 54.6 Å². The van der Waals surface area contributed by atoms with Crippen molar-refractivity contribution in [3.05, 3.63) is 71.3 Å². The van der Waals surface area contributed by atoms with Gasteiger partial charge in [0.15, 0.2) is 12.4 Å². The summed E-state index contributed by atoms with van der Waals surface area (Å²) in [4.78, 5) is 47.2. The van der Waals surface area contributed by atoms with E-state index in [1.807, 2.05) is 5.32 Å². The molecule has 2 aromatic rings. The number of ether oxygens (including phenoxy) is 1. The molecule has 2 rings (SSSR count). The topological polar surface area (TPSA) is 102 Å². The van der Waals surface area contributed by atoms with Crippen molar-refractivity contribution in [2.24, 2.45) is 0 Å². The first-order valence-electron chi connectivity index (χ1n) is 7.40. The highest BCUT2D eigenvalue weighted by molar-refractivity contribution is 6.14. The van der Waals surface area contributed by atoms with Crippen molar-refractivity contribution in [2.75, 3.05) is 13.7 Å². The second kappa shape index (κ2) is 8.39. The van der Waals surface area contributed by atoms with E-state index in [9.17, 15) is 19.2 Å². The lowest BCUT2D eigenvalue weighted by molar-refractivity contribution is -0.123. The molecule has 0 aliphatic carbocycles. The van der Waals surface area contributed by atoms with Crippen molar-refractivity contribution in [3.8, 4) is 0 Å². The van der Waals surface area contributed by atoms with E-state index in [1.54, 1.807) is 42.5 Å². The summed E-state index contributed by atoms with van der Waals surface area (Å²) in [5, 5.41) is 4.17. The zero-order valence-corrected chi connectivity index (χ0v) is 13.4. The van der Waals surface area contributed by atoms with Crippen LogP contribution in [0.3, 0.4) is 0 Å². The van der Waals surface area contributed by atoms with Crippen LogP contribution < -0.4 is 10.6 Å². The number of benzene rings is 2. The zero-order chi connectivity index (χ0) is 18.2. The smallest absolute Gasteiger partial charge is 0.339 e. The van der Waals surface area contributed by atoms with Crippen LogP contribution in [-0.4, -0.2) is 37.3 Å². The van der Waals surface area contributed by atoms with Crippen LogP contribution in [0.5, 0.6) is 0 Å². The van der Waals surface area contributed by atoms with Crippen molar-refractivity contribution in [3.63, 3.8) is 0 Å². The number of hydrogen-bond donors (Lipinski definition) is 2. The molecule has 0 fully saturated rings. The summed E-state index contributed by atoms with van der Waals surface area (Å²) >= 11 is 0. The van der Waals surface area contributed by atoms with Gasteiger partial charge in [-0.1, -0.05) is 48.5 Å². The van der Waals surface area contributed by atoms with Crippen LogP contribution in [0, 0.1) is 0 Å². The Labute approximate surface area is 144 Å². The maximum absolute atomic E-state index is 12.6. The Morgan fingerprint density at radius 1 is 0.880 bits per heavy atom. The third-order valence-electron chi connectivity index (χ3n) is 3.24. The Balaban J connectivity index is 2.12. The van der Waals surface area contributed by atoms with E-state index >= 15 is 0 Å². The summed E-state index contributed by atoms with van der Waals surface area (Å²) in [6.07, 6.45) is 0. The molecule has 0 aromatic heterocycles. The highest BCUT2D eigenvalue weighted by Gasteiger charge is 2.20. The van der Waals surface area contributed by atoms with Gasteiger partial charge < -0.3 is 10.1 Å². The first-order valence-corrected chi connectivity index (χ1v) is 7.40. The van der Waals surface area contributed by atoms with Gasteiger partial charge in [-0.25, -0.2) is 9.59 Å². The number of nitrogens with one attached hydrogen (secondary N) is 2. The van der Waals surface area contributed by atoms with Gasteiger partial charge in [-0.3, -0.25) is 14.9 Å². The van der Waals surface area contributed by atoms with Crippen LogP contribution >= 0.6 is 0 Å². The molecular formula is C18H16N2O5. The van der Waals surface area contributed by atoms with Crippen molar-refractivity contribution in [1.29, 1.82) is 0 Å². The second-order valence-corrected chi connectivity index (χ2v) is 4.94. The molecule has 25 heavy (non-hydrogen) atoms. The van der Waals surface area contributed by atoms with Gasteiger partial charge in [0, 0.05) is 18.2 Å². The molecule has 2 N–H and O–H groups in total. The molecule has 0 spiro atoms. The number of amides is 3. The fourth-order valence-corrected chi connectivity index (χ4v) is 2.04. The van der Waals surface area contributed by atoms with Crippen LogP contribution in [0.4, 0.5) is 4.79 Å². The first kappa shape index (κ1) is 17.9. The van der Waals surface area contributed by atoms with Crippen LogP contribution in [0.1, 0.15) is 26.3 Å². The van der Waals surface area contributed by atoms with E-state index in [-0.39, 0.29) is 16.9 Å². The van der Waals surface area contributed by atoms with Crippen LogP contribution in [0.2, 0.25) is 0 Å². The lowest BCUT2D eigenvalue weighted by atomic mass is 9.98. The van der Waals surface area contributed by atoms with Crippen molar-refractivity contribution in [2.45, 2.75) is 0 Å². The Morgan fingerprint density at radius 3 is 2.12 bits per heavy atom. The number of hydrogen-bond acceptors (Lipinski definition) is 5. The van der Waals surface area contributed by atoms with Crippen molar-refractivity contribution >= 4 is 23.7 Å². The second-order valence-electron chi connectivity index (χ2n) is 4.94. The average Bonchev–Trinajstić information content (AvgIpc) is 2.66. The molecule has 0 saturated carbocycles. The molecule has 128 valence electrons. The molecule has 0 aliphatic rings. The molecule has 0 unspecified atom stereocenters. The minimum absolute atomic E-state index is 0.0455. The number of carbonyl (C=O) groups excluding carboxylic acids is 4. The van der Waals surface area contributed by atoms with Crippen LogP contribution in [0.25, 0.3) is 0 Å². The number of ketones is 1. The van der Waals surface area contributed by atoms with E-state index in [1.165, 1.54) is 19.2 Å². The number of urea groups is 1. The molecule has 0 heterocycles. The third-order valence-corrected chi connectivity index (χ3v) is 3.24. The van der Waals surface area contributed by atoms with Crippen molar-refractivity contribution < 1.29 is 23.9 Å². The Morgan fingerprint density at radius 2 is 1.48 bits per heavy atom. The summed E-state index contributed by atoms with van der Waals surface area (Å²) in [7, 11) is 1.35. The zero-order valence-electron chi connectivity index (χ0n) is 13.4. The number of esters is 1. The lowest BCUT2D eigenvalue weighted by Crippen LogP contribution is -2.39. The maximum Gasteiger partial charge on any atom is 0.339 e. The Kier molecular flexibility index (Phi) is 6.00.